The minimum absolute atomic E-state index is 0.445. The summed E-state index contributed by atoms with van der Waals surface area (Å²) in [6.45, 7) is 10.2. The Morgan fingerprint density at radius 3 is 2.74 bits per heavy atom. The lowest BCUT2D eigenvalue weighted by molar-refractivity contribution is 0.479. The molecule has 2 rings (SSSR count). The van der Waals surface area contributed by atoms with Gasteiger partial charge in [0.25, 0.3) is 0 Å². The first-order valence-electron chi connectivity index (χ1n) is 6.96. The lowest BCUT2D eigenvalue weighted by atomic mass is 10.2. The number of nitrogens with one attached hydrogen (secondary N) is 1. The lowest BCUT2D eigenvalue weighted by Gasteiger charge is -2.08. The Morgan fingerprint density at radius 1 is 1.32 bits per heavy atom. The van der Waals surface area contributed by atoms with Crippen LogP contribution >= 0.6 is 0 Å². The van der Waals surface area contributed by atoms with Crippen LogP contribution in [0.15, 0.2) is 18.5 Å². The van der Waals surface area contributed by atoms with Crippen LogP contribution in [0.1, 0.15) is 44.5 Å². The maximum absolute atomic E-state index is 4.53. The van der Waals surface area contributed by atoms with Gasteiger partial charge in [0.2, 0.25) is 0 Å². The fourth-order valence-corrected chi connectivity index (χ4v) is 1.95. The smallest absolute Gasteiger partial charge is 0.148 e. The maximum atomic E-state index is 4.53. The summed E-state index contributed by atoms with van der Waals surface area (Å²) < 4.78 is 3.97. The van der Waals surface area contributed by atoms with Crippen molar-refractivity contribution in [2.24, 2.45) is 0 Å². The molecule has 0 amide bonds. The zero-order valence-corrected chi connectivity index (χ0v) is 12.2. The molecule has 0 spiro atoms. The van der Waals surface area contributed by atoms with Crippen LogP contribution in [-0.2, 0) is 13.1 Å². The van der Waals surface area contributed by atoms with E-state index in [1.165, 1.54) is 5.56 Å². The highest BCUT2D eigenvalue weighted by molar-refractivity contribution is 5.34. The minimum Gasteiger partial charge on any atom is -0.364 e. The lowest BCUT2D eigenvalue weighted by Crippen LogP contribution is -2.06. The van der Waals surface area contributed by atoms with Gasteiger partial charge in [-0.15, -0.1) is 0 Å². The molecule has 0 aliphatic heterocycles. The molecule has 2 aromatic rings. The van der Waals surface area contributed by atoms with Crippen LogP contribution in [0.3, 0.4) is 0 Å². The fraction of sp³-hybridized carbons (Fsp3) is 0.571. The Balaban J connectivity index is 1.98. The second-order valence-electron chi connectivity index (χ2n) is 4.89. The van der Waals surface area contributed by atoms with Crippen molar-refractivity contribution in [2.45, 2.75) is 53.2 Å². The van der Waals surface area contributed by atoms with E-state index in [1.807, 2.05) is 28.6 Å². The van der Waals surface area contributed by atoms with Gasteiger partial charge in [-0.1, -0.05) is 6.92 Å². The van der Waals surface area contributed by atoms with E-state index < -0.39 is 0 Å². The maximum Gasteiger partial charge on any atom is 0.148 e. The molecular formula is C14H23N5. The third-order valence-electron chi connectivity index (χ3n) is 3.48. The van der Waals surface area contributed by atoms with E-state index in [0.717, 1.165) is 31.0 Å². The van der Waals surface area contributed by atoms with Gasteiger partial charge in [0, 0.05) is 43.2 Å². The summed E-state index contributed by atoms with van der Waals surface area (Å²) >= 11 is 0. The summed E-state index contributed by atoms with van der Waals surface area (Å²) in [6.07, 6.45) is 5.20. The normalized spacial score (nSPS) is 12.6. The summed E-state index contributed by atoms with van der Waals surface area (Å²) in [6, 6.07) is 2.46. The molecule has 0 radical (unpaired) electrons. The van der Waals surface area contributed by atoms with Gasteiger partial charge in [-0.05, 0) is 27.2 Å². The second-order valence-corrected chi connectivity index (χ2v) is 4.89. The molecule has 0 aliphatic rings. The topological polar surface area (TPSA) is 47.7 Å². The molecule has 0 saturated heterocycles. The molecule has 0 aromatic carbocycles. The Labute approximate surface area is 114 Å². The zero-order chi connectivity index (χ0) is 13.8. The molecule has 0 unspecified atom stereocenters. The van der Waals surface area contributed by atoms with E-state index in [0.29, 0.717) is 6.04 Å². The third-order valence-corrected chi connectivity index (χ3v) is 3.48. The standard InChI is InChI=1S/C14H23N5/c1-5-11(3)19-8-7-14(17-19)15-9-13-10-18(6-2)16-12(13)4/h7-8,10-11H,5-6,9H2,1-4H3,(H,15,17)/t11-/m1/s1. The Bertz CT molecular complexity index is 526. The van der Waals surface area contributed by atoms with Crippen LogP contribution in [-0.4, -0.2) is 19.6 Å². The molecular weight excluding hydrogens is 238 g/mol. The number of hydrogen-bond acceptors (Lipinski definition) is 3. The van der Waals surface area contributed by atoms with Gasteiger partial charge in [-0.2, -0.15) is 10.2 Å². The molecule has 19 heavy (non-hydrogen) atoms. The molecule has 0 fully saturated rings. The van der Waals surface area contributed by atoms with E-state index >= 15 is 0 Å². The number of anilines is 1. The van der Waals surface area contributed by atoms with E-state index in [-0.39, 0.29) is 0 Å². The first-order valence-corrected chi connectivity index (χ1v) is 6.96. The van der Waals surface area contributed by atoms with E-state index in [9.17, 15) is 0 Å². The van der Waals surface area contributed by atoms with Crippen molar-refractivity contribution in [3.8, 4) is 0 Å². The quantitative estimate of drug-likeness (QED) is 0.869. The summed E-state index contributed by atoms with van der Waals surface area (Å²) in [5.74, 6) is 0.920. The van der Waals surface area contributed by atoms with Crippen molar-refractivity contribution in [1.29, 1.82) is 0 Å². The number of nitrogens with zero attached hydrogens (tertiary/aromatic N) is 4. The molecule has 0 aliphatic carbocycles. The monoisotopic (exact) mass is 261 g/mol. The van der Waals surface area contributed by atoms with Gasteiger partial charge in [-0.25, -0.2) is 0 Å². The molecule has 2 heterocycles. The number of aryl methyl sites for hydroxylation is 2. The van der Waals surface area contributed by atoms with E-state index in [2.05, 4.69) is 42.5 Å². The van der Waals surface area contributed by atoms with Crippen molar-refractivity contribution >= 4 is 5.82 Å². The predicted octanol–water partition coefficient (Wildman–Crippen LogP) is 2.99. The molecule has 5 heteroatoms. The van der Waals surface area contributed by atoms with Crippen molar-refractivity contribution in [2.75, 3.05) is 5.32 Å². The number of aromatic nitrogens is 4. The number of rotatable bonds is 6. The van der Waals surface area contributed by atoms with Crippen LogP contribution in [0.2, 0.25) is 0 Å². The Kier molecular flexibility index (Phi) is 4.24. The van der Waals surface area contributed by atoms with Crippen molar-refractivity contribution in [3.63, 3.8) is 0 Å². The van der Waals surface area contributed by atoms with Crippen LogP contribution in [0, 0.1) is 6.92 Å². The van der Waals surface area contributed by atoms with Gasteiger partial charge in [0.05, 0.1) is 5.69 Å². The van der Waals surface area contributed by atoms with Crippen molar-refractivity contribution in [1.82, 2.24) is 19.6 Å². The fourth-order valence-electron chi connectivity index (χ4n) is 1.95. The second kappa shape index (κ2) is 5.91. The largest absolute Gasteiger partial charge is 0.364 e. The van der Waals surface area contributed by atoms with Crippen LogP contribution in [0.4, 0.5) is 5.82 Å². The van der Waals surface area contributed by atoms with Crippen LogP contribution < -0.4 is 5.32 Å². The van der Waals surface area contributed by atoms with Crippen molar-refractivity contribution in [3.05, 3.63) is 29.7 Å². The molecule has 104 valence electrons. The van der Waals surface area contributed by atoms with Crippen LogP contribution in [0.5, 0.6) is 0 Å². The van der Waals surface area contributed by atoms with E-state index in [1.54, 1.807) is 0 Å². The van der Waals surface area contributed by atoms with Gasteiger partial charge in [-0.3, -0.25) is 9.36 Å². The Hall–Kier alpha value is -1.78. The molecule has 1 N–H and O–H groups in total. The first kappa shape index (κ1) is 13.6. The minimum atomic E-state index is 0.445. The average molecular weight is 261 g/mol. The third kappa shape index (κ3) is 3.16. The highest BCUT2D eigenvalue weighted by Crippen LogP contribution is 2.13. The Morgan fingerprint density at radius 2 is 2.11 bits per heavy atom. The van der Waals surface area contributed by atoms with E-state index in [4.69, 9.17) is 0 Å². The summed E-state index contributed by atoms with van der Waals surface area (Å²) in [7, 11) is 0. The molecule has 2 aromatic heterocycles. The van der Waals surface area contributed by atoms with Gasteiger partial charge in [0.1, 0.15) is 5.82 Å². The predicted molar refractivity (Wildman–Crippen MR) is 77.2 cm³/mol. The zero-order valence-electron chi connectivity index (χ0n) is 12.2. The summed E-state index contributed by atoms with van der Waals surface area (Å²) in [4.78, 5) is 0. The molecule has 5 nitrogen and oxygen atoms in total. The van der Waals surface area contributed by atoms with Crippen molar-refractivity contribution < 1.29 is 0 Å². The molecule has 1 atom stereocenters. The van der Waals surface area contributed by atoms with Gasteiger partial charge in [0.15, 0.2) is 0 Å². The van der Waals surface area contributed by atoms with Gasteiger partial charge < -0.3 is 5.32 Å². The average Bonchev–Trinajstić information content (AvgIpc) is 3.02. The highest BCUT2D eigenvalue weighted by Gasteiger charge is 2.06. The number of hydrogen-bond donors (Lipinski definition) is 1. The van der Waals surface area contributed by atoms with Gasteiger partial charge >= 0.3 is 0 Å². The van der Waals surface area contributed by atoms with Crippen LogP contribution in [0.25, 0.3) is 0 Å². The first-order chi connectivity index (χ1) is 9.13. The summed E-state index contributed by atoms with van der Waals surface area (Å²) in [5.41, 5.74) is 2.30. The molecule has 0 saturated carbocycles. The molecule has 0 bridgehead atoms. The summed E-state index contributed by atoms with van der Waals surface area (Å²) in [5, 5.41) is 12.3. The SMILES string of the molecule is CC[C@@H](C)n1ccc(NCc2cn(CC)nc2C)n1. The highest BCUT2D eigenvalue weighted by atomic mass is 15.3.